The van der Waals surface area contributed by atoms with Crippen LogP contribution in [0.15, 0.2) is 0 Å². The van der Waals surface area contributed by atoms with E-state index in [1.54, 1.807) is 0 Å². The number of methoxy groups -OCH3 is 1. The number of ether oxygens (including phenoxy) is 1. The highest BCUT2D eigenvalue weighted by molar-refractivity contribution is 5.69. The van der Waals surface area contributed by atoms with Crippen LogP contribution >= 0.6 is 0 Å². The molecule has 1 rings (SSSR count). The summed E-state index contributed by atoms with van der Waals surface area (Å²) < 4.78 is 41.6. The molecule has 1 fully saturated rings. The van der Waals surface area contributed by atoms with Crippen molar-refractivity contribution in [2.45, 2.75) is 24.6 Å². The van der Waals surface area contributed by atoms with Crippen molar-refractivity contribution < 1.29 is 27.8 Å². The van der Waals surface area contributed by atoms with E-state index in [2.05, 4.69) is 4.74 Å². The second kappa shape index (κ2) is 4.58. The molecule has 0 aromatic carbocycles. The van der Waals surface area contributed by atoms with Crippen molar-refractivity contribution in [3.05, 3.63) is 0 Å². The molecule has 0 spiro atoms. The molecular weight excluding hydrogens is 227 g/mol. The van der Waals surface area contributed by atoms with Gasteiger partial charge in [-0.05, 0) is 6.42 Å². The third-order valence-electron chi connectivity index (χ3n) is 2.71. The van der Waals surface area contributed by atoms with Gasteiger partial charge in [0.25, 0.3) is 0 Å². The van der Waals surface area contributed by atoms with Crippen LogP contribution in [0.5, 0.6) is 0 Å². The van der Waals surface area contributed by atoms with Crippen LogP contribution in [0.2, 0.25) is 0 Å². The number of hydrogen-bond donors (Lipinski definition) is 1. The number of nitrogens with zero attached hydrogens (tertiary/aromatic N) is 1. The normalized spacial score (nSPS) is 27.1. The number of alkyl halides is 3. The molecule has 0 aromatic rings. The maximum absolute atomic E-state index is 12.4. The van der Waals surface area contributed by atoms with Gasteiger partial charge >= 0.3 is 12.1 Å². The number of carbonyl (C=O) groups is 1. The molecule has 0 bridgehead atoms. The van der Waals surface area contributed by atoms with Crippen LogP contribution in [0, 0.1) is 0 Å². The first kappa shape index (κ1) is 13.2. The Hall–Kier alpha value is -0.820. The third kappa shape index (κ3) is 2.85. The Morgan fingerprint density at radius 1 is 1.56 bits per heavy atom. The van der Waals surface area contributed by atoms with Gasteiger partial charge in [-0.1, -0.05) is 0 Å². The first-order chi connectivity index (χ1) is 7.28. The maximum Gasteiger partial charge on any atom is 0.418 e. The van der Waals surface area contributed by atoms with Crippen molar-refractivity contribution in [2.75, 3.05) is 26.7 Å². The molecule has 0 unspecified atom stereocenters. The van der Waals surface area contributed by atoms with E-state index in [4.69, 9.17) is 0 Å². The summed E-state index contributed by atoms with van der Waals surface area (Å²) in [5.41, 5.74) is -2.64. The summed E-state index contributed by atoms with van der Waals surface area (Å²) in [5, 5.41) is 9.34. The Bertz CT molecular complexity index is 269. The van der Waals surface area contributed by atoms with Crippen molar-refractivity contribution in [2.24, 2.45) is 0 Å². The van der Waals surface area contributed by atoms with Crippen LogP contribution in [0.3, 0.4) is 0 Å². The number of halogens is 3. The molecule has 0 aliphatic carbocycles. The van der Waals surface area contributed by atoms with Crippen LogP contribution in [0.4, 0.5) is 13.2 Å². The summed E-state index contributed by atoms with van der Waals surface area (Å²) >= 11 is 0. The second-order valence-corrected chi connectivity index (χ2v) is 3.88. The smallest absolute Gasteiger partial charge is 0.418 e. The van der Waals surface area contributed by atoms with Crippen LogP contribution in [-0.2, 0) is 9.53 Å². The number of hydrogen-bond acceptors (Lipinski definition) is 4. The highest BCUT2D eigenvalue weighted by Crippen LogP contribution is 2.37. The third-order valence-corrected chi connectivity index (χ3v) is 2.71. The van der Waals surface area contributed by atoms with E-state index in [1.165, 1.54) is 12.0 Å². The minimum atomic E-state index is -4.62. The lowest BCUT2D eigenvalue weighted by Gasteiger charge is -2.25. The maximum atomic E-state index is 12.4. The lowest BCUT2D eigenvalue weighted by atomic mass is 10.0. The Morgan fingerprint density at radius 2 is 2.19 bits per heavy atom. The zero-order chi connectivity index (χ0) is 12.4. The fourth-order valence-electron chi connectivity index (χ4n) is 1.64. The van der Waals surface area contributed by atoms with Crippen molar-refractivity contribution in [1.82, 2.24) is 4.90 Å². The summed E-state index contributed by atoms with van der Waals surface area (Å²) in [6, 6.07) is 0. The van der Waals surface area contributed by atoms with E-state index in [9.17, 15) is 23.1 Å². The Morgan fingerprint density at radius 3 is 2.62 bits per heavy atom. The average Bonchev–Trinajstić information content (AvgIpc) is 2.57. The van der Waals surface area contributed by atoms with Crippen LogP contribution < -0.4 is 0 Å². The second-order valence-electron chi connectivity index (χ2n) is 3.88. The molecule has 1 heterocycles. The summed E-state index contributed by atoms with van der Waals surface area (Å²) in [4.78, 5) is 12.2. The first-order valence-electron chi connectivity index (χ1n) is 4.87. The highest BCUT2D eigenvalue weighted by atomic mass is 19.4. The molecule has 1 aliphatic heterocycles. The molecular formula is C9H14F3NO3. The molecule has 1 saturated heterocycles. The van der Waals surface area contributed by atoms with Gasteiger partial charge in [0.2, 0.25) is 0 Å². The monoisotopic (exact) mass is 241 g/mol. The fraction of sp³-hybridized carbons (Fsp3) is 0.889. The number of carbonyl (C=O) groups excluding carboxylic acids is 1. The minimum absolute atomic E-state index is 0.0322. The van der Waals surface area contributed by atoms with Crippen LogP contribution in [0.1, 0.15) is 12.8 Å². The van der Waals surface area contributed by atoms with Gasteiger partial charge < -0.3 is 9.84 Å². The van der Waals surface area contributed by atoms with Crippen molar-refractivity contribution in [1.29, 1.82) is 0 Å². The molecule has 1 aliphatic rings. The molecule has 7 heteroatoms. The topological polar surface area (TPSA) is 49.8 Å². The van der Waals surface area contributed by atoms with E-state index in [0.29, 0.717) is 0 Å². The predicted molar refractivity (Wildman–Crippen MR) is 48.7 cm³/mol. The number of esters is 1. The largest absolute Gasteiger partial charge is 0.469 e. The van der Waals surface area contributed by atoms with Gasteiger partial charge in [0.15, 0.2) is 5.60 Å². The zero-order valence-corrected chi connectivity index (χ0v) is 8.88. The molecule has 1 N–H and O–H groups in total. The molecule has 0 radical (unpaired) electrons. The standard InChI is InChI=1S/C9H14F3NO3/c1-16-7(14)2-4-13-5-3-8(15,6-13)9(10,11)12/h15H,2-6H2,1H3/t8-/m0/s1. The average molecular weight is 241 g/mol. The van der Waals surface area contributed by atoms with Gasteiger partial charge in [0.1, 0.15) is 0 Å². The van der Waals surface area contributed by atoms with Gasteiger partial charge in [-0.25, -0.2) is 0 Å². The zero-order valence-electron chi connectivity index (χ0n) is 8.88. The van der Waals surface area contributed by atoms with E-state index in [1.807, 2.05) is 0 Å². The molecule has 0 amide bonds. The highest BCUT2D eigenvalue weighted by Gasteiger charge is 2.56. The van der Waals surface area contributed by atoms with Gasteiger partial charge in [-0.2, -0.15) is 13.2 Å². The Balaban J connectivity index is 2.44. The molecule has 1 atom stereocenters. The molecule has 0 saturated carbocycles. The Kier molecular flexibility index (Phi) is 3.80. The summed E-state index contributed by atoms with van der Waals surface area (Å²) in [5.74, 6) is -0.470. The SMILES string of the molecule is COC(=O)CCN1CC[C@@](O)(C(F)(F)F)C1. The van der Waals surface area contributed by atoms with Crippen molar-refractivity contribution >= 4 is 5.97 Å². The lowest BCUT2D eigenvalue weighted by Crippen LogP contribution is -2.47. The number of aliphatic hydroxyl groups is 1. The number of β-amino-alcohol motifs (C(OH)–C–C–N with tert-alkyl or cyclic N) is 1. The van der Waals surface area contributed by atoms with E-state index in [-0.39, 0.29) is 25.9 Å². The summed E-state index contributed by atoms with van der Waals surface area (Å²) in [6.07, 6.45) is -4.94. The summed E-state index contributed by atoms with van der Waals surface area (Å²) in [7, 11) is 1.22. The van der Waals surface area contributed by atoms with Crippen LogP contribution in [0.25, 0.3) is 0 Å². The molecule has 16 heavy (non-hydrogen) atoms. The van der Waals surface area contributed by atoms with Crippen LogP contribution in [-0.4, -0.2) is 54.5 Å². The quantitative estimate of drug-likeness (QED) is 0.733. The fourth-order valence-corrected chi connectivity index (χ4v) is 1.64. The Labute approximate surface area is 91.0 Å². The number of rotatable bonds is 3. The van der Waals surface area contributed by atoms with Gasteiger partial charge in [-0.3, -0.25) is 9.69 Å². The van der Waals surface area contributed by atoms with E-state index < -0.39 is 24.3 Å². The van der Waals surface area contributed by atoms with E-state index >= 15 is 0 Å². The van der Waals surface area contributed by atoms with Gasteiger partial charge in [0.05, 0.1) is 13.5 Å². The minimum Gasteiger partial charge on any atom is -0.469 e. The number of likely N-dealkylation sites (tertiary alicyclic amines) is 1. The molecule has 4 nitrogen and oxygen atoms in total. The van der Waals surface area contributed by atoms with E-state index in [0.717, 1.165) is 0 Å². The van der Waals surface area contributed by atoms with Crippen molar-refractivity contribution in [3.63, 3.8) is 0 Å². The molecule has 0 aromatic heterocycles. The van der Waals surface area contributed by atoms with Gasteiger partial charge in [0, 0.05) is 19.6 Å². The molecule has 94 valence electrons. The summed E-state index contributed by atoms with van der Waals surface area (Å²) in [6.45, 7) is -0.175. The van der Waals surface area contributed by atoms with Crippen molar-refractivity contribution in [3.8, 4) is 0 Å². The van der Waals surface area contributed by atoms with Gasteiger partial charge in [-0.15, -0.1) is 0 Å². The first-order valence-corrected chi connectivity index (χ1v) is 4.87. The lowest BCUT2D eigenvalue weighted by molar-refractivity contribution is -0.253. The predicted octanol–water partition coefficient (Wildman–Crippen LogP) is 0.549.